The number of benzene rings is 1. The summed E-state index contributed by atoms with van der Waals surface area (Å²) < 4.78 is 14.2. The topological polar surface area (TPSA) is 46.2 Å². The van der Waals surface area contributed by atoms with Gasteiger partial charge in [-0.2, -0.15) is 0 Å². The molecular weight excluding hydrogens is 249 g/mol. The van der Waals surface area contributed by atoms with Crippen LogP contribution in [0.1, 0.15) is 18.4 Å². The number of aliphatic hydroxyl groups is 1. The zero-order valence-electron chi connectivity index (χ0n) is 7.50. The number of aliphatic hydroxyl groups excluding tert-OH is 1. The van der Waals surface area contributed by atoms with E-state index in [1.165, 1.54) is 6.07 Å². The van der Waals surface area contributed by atoms with Gasteiger partial charge in [0.2, 0.25) is 0 Å². The molecule has 76 valence electrons. The fourth-order valence-electron chi connectivity index (χ4n) is 1.88. The van der Waals surface area contributed by atoms with Crippen molar-refractivity contribution in [1.29, 1.82) is 0 Å². The van der Waals surface area contributed by atoms with Gasteiger partial charge in [0.25, 0.3) is 0 Å². The van der Waals surface area contributed by atoms with Crippen molar-refractivity contribution >= 4 is 15.9 Å². The molecule has 0 amide bonds. The zero-order chi connectivity index (χ0) is 10.3. The molecule has 14 heavy (non-hydrogen) atoms. The minimum Gasteiger partial charge on any atom is -0.393 e. The molecule has 0 radical (unpaired) electrons. The molecule has 1 aromatic carbocycles. The van der Waals surface area contributed by atoms with E-state index in [2.05, 4.69) is 15.9 Å². The van der Waals surface area contributed by atoms with Crippen LogP contribution in [0.15, 0.2) is 22.7 Å². The molecule has 1 fully saturated rings. The monoisotopic (exact) mass is 259 g/mol. The van der Waals surface area contributed by atoms with E-state index in [9.17, 15) is 9.50 Å². The fraction of sp³-hybridized carbons (Fsp3) is 0.400. The summed E-state index contributed by atoms with van der Waals surface area (Å²) in [5.41, 5.74) is 5.76. The Labute approximate surface area is 90.1 Å². The third kappa shape index (κ3) is 1.58. The highest BCUT2D eigenvalue weighted by atomic mass is 79.9. The summed E-state index contributed by atoms with van der Waals surface area (Å²) >= 11 is 3.27. The lowest BCUT2D eigenvalue weighted by atomic mass is 9.70. The number of nitrogens with two attached hydrogens (primary N) is 1. The number of hydrogen-bond acceptors (Lipinski definition) is 2. The lowest BCUT2D eigenvalue weighted by Crippen LogP contribution is -2.52. The number of halogens is 2. The van der Waals surface area contributed by atoms with Crippen molar-refractivity contribution in [3.05, 3.63) is 34.1 Å². The third-order valence-corrected chi connectivity index (χ3v) is 3.16. The molecular formula is C10H11BrFNO. The Balaban J connectivity index is 2.36. The molecule has 3 N–H and O–H groups in total. The first kappa shape index (κ1) is 10.1. The van der Waals surface area contributed by atoms with Gasteiger partial charge in [-0.3, -0.25) is 0 Å². The zero-order valence-corrected chi connectivity index (χ0v) is 9.09. The summed E-state index contributed by atoms with van der Waals surface area (Å²) in [6, 6.07) is 4.71. The standard InChI is InChI=1S/C10H11BrFNO/c11-6-1-2-9(12)8(3-6)10(13)4-7(14)5-10/h1-3,7,14H,4-5,13H2. The van der Waals surface area contributed by atoms with Crippen molar-refractivity contribution < 1.29 is 9.50 Å². The second-order valence-corrected chi connectivity index (χ2v) is 4.76. The summed E-state index contributed by atoms with van der Waals surface area (Å²) in [7, 11) is 0. The molecule has 4 heteroatoms. The smallest absolute Gasteiger partial charge is 0.128 e. The van der Waals surface area contributed by atoms with Gasteiger partial charge < -0.3 is 10.8 Å². The summed E-state index contributed by atoms with van der Waals surface area (Å²) in [5, 5.41) is 9.19. The molecule has 1 saturated carbocycles. The van der Waals surface area contributed by atoms with Crippen LogP contribution in [-0.2, 0) is 5.54 Å². The van der Waals surface area contributed by atoms with Gasteiger partial charge in [-0.1, -0.05) is 15.9 Å². The highest BCUT2D eigenvalue weighted by Crippen LogP contribution is 2.40. The molecule has 1 aliphatic carbocycles. The largest absolute Gasteiger partial charge is 0.393 e. The molecule has 1 aromatic rings. The lowest BCUT2D eigenvalue weighted by molar-refractivity contribution is 0.0192. The Morgan fingerprint density at radius 1 is 1.50 bits per heavy atom. The van der Waals surface area contributed by atoms with E-state index in [1.54, 1.807) is 12.1 Å². The Hall–Kier alpha value is -0.450. The third-order valence-electron chi connectivity index (χ3n) is 2.66. The minimum absolute atomic E-state index is 0.303. The average Bonchev–Trinajstić information content (AvgIpc) is 2.07. The van der Waals surface area contributed by atoms with Crippen LogP contribution >= 0.6 is 15.9 Å². The molecule has 0 spiro atoms. The van der Waals surface area contributed by atoms with E-state index in [4.69, 9.17) is 5.73 Å². The van der Waals surface area contributed by atoms with Crippen LogP contribution in [0.4, 0.5) is 4.39 Å². The van der Waals surface area contributed by atoms with E-state index in [0.717, 1.165) is 4.47 Å². The molecule has 0 saturated heterocycles. The Kier molecular flexibility index (Phi) is 2.37. The Bertz CT molecular complexity index is 363. The highest BCUT2D eigenvalue weighted by Gasteiger charge is 2.43. The predicted octanol–water partition coefficient (Wildman–Crippen LogP) is 1.90. The molecule has 2 rings (SSSR count). The second kappa shape index (κ2) is 3.29. The van der Waals surface area contributed by atoms with E-state index in [1.807, 2.05) is 0 Å². The fourth-order valence-corrected chi connectivity index (χ4v) is 2.24. The molecule has 0 aromatic heterocycles. The van der Waals surface area contributed by atoms with Crippen LogP contribution in [-0.4, -0.2) is 11.2 Å². The van der Waals surface area contributed by atoms with E-state index >= 15 is 0 Å². The Morgan fingerprint density at radius 2 is 2.14 bits per heavy atom. The van der Waals surface area contributed by atoms with Crippen LogP contribution in [0.5, 0.6) is 0 Å². The van der Waals surface area contributed by atoms with Crippen LogP contribution in [0.2, 0.25) is 0 Å². The summed E-state index contributed by atoms with van der Waals surface area (Å²) in [4.78, 5) is 0. The molecule has 0 unspecified atom stereocenters. The Morgan fingerprint density at radius 3 is 2.71 bits per heavy atom. The normalized spacial score (nSPS) is 31.3. The average molecular weight is 260 g/mol. The van der Waals surface area contributed by atoms with Gasteiger partial charge in [0, 0.05) is 15.6 Å². The molecule has 1 aliphatic rings. The molecule has 0 bridgehead atoms. The second-order valence-electron chi connectivity index (χ2n) is 3.84. The minimum atomic E-state index is -0.687. The molecule has 2 nitrogen and oxygen atoms in total. The van der Waals surface area contributed by atoms with Gasteiger partial charge in [0.05, 0.1) is 6.10 Å². The van der Waals surface area contributed by atoms with Crippen LogP contribution in [0.25, 0.3) is 0 Å². The maximum absolute atomic E-state index is 13.4. The van der Waals surface area contributed by atoms with E-state index in [0.29, 0.717) is 18.4 Å². The maximum Gasteiger partial charge on any atom is 0.128 e. The van der Waals surface area contributed by atoms with E-state index in [-0.39, 0.29) is 5.82 Å². The van der Waals surface area contributed by atoms with Gasteiger partial charge in [0.15, 0.2) is 0 Å². The maximum atomic E-state index is 13.4. The van der Waals surface area contributed by atoms with Crippen LogP contribution in [0.3, 0.4) is 0 Å². The molecule has 0 aliphatic heterocycles. The van der Waals surface area contributed by atoms with Gasteiger partial charge in [-0.15, -0.1) is 0 Å². The first-order valence-corrected chi connectivity index (χ1v) is 5.23. The van der Waals surface area contributed by atoms with Crippen LogP contribution in [0, 0.1) is 5.82 Å². The molecule has 0 heterocycles. The van der Waals surface area contributed by atoms with Gasteiger partial charge in [-0.05, 0) is 31.0 Å². The van der Waals surface area contributed by atoms with Crippen molar-refractivity contribution in [2.24, 2.45) is 5.73 Å². The SMILES string of the molecule is NC1(c2cc(Br)ccc2F)CC(O)C1. The lowest BCUT2D eigenvalue weighted by Gasteiger charge is -2.42. The van der Waals surface area contributed by atoms with E-state index < -0.39 is 11.6 Å². The van der Waals surface area contributed by atoms with Gasteiger partial charge >= 0.3 is 0 Å². The summed E-state index contributed by atoms with van der Waals surface area (Å²) in [6.07, 6.45) is 0.471. The van der Waals surface area contributed by atoms with Crippen molar-refractivity contribution in [2.45, 2.75) is 24.5 Å². The van der Waals surface area contributed by atoms with Crippen molar-refractivity contribution in [3.63, 3.8) is 0 Å². The highest BCUT2D eigenvalue weighted by molar-refractivity contribution is 9.10. The summed E-state index contributed by atoms with van der Waals surface area (Å²) in [5.74, 6) is -0.303. The van der Waals surface area contributed by atoms with Crippen molar-refractivity contribution in [3.8, 4) is 0 Å². The first-order valence-electron chi connectivity index (χ1n) is 4.44. The summed E-state index contributed by atoms with van der Waals surface area (Å²) in [6.45, 7) is 0. The van der Waals surface area contributed by atoms with Crippen LogP contribution < -0.4 is 5.73 Å². The first-order chi connectivity index (χ1) is 6.51. The van der Waals surface area contributed by atoms with Gasteiger partial charge in [-0.25, -0.2) is 4.39 Å². The number of hydrogen-bond donors (Lipinski definition) is 2. The van der Waals surface area contributed by atoms with Gasteiger partial charge in [0.1, 0.15) is 5.82 Å². The van der Waals surface area contributed by atoms with Crippen molar-refractivity contribution in [2.75, 3.05) is 0 Å². The molecule has 0 atom stereocenters. The quantitative estimate of drug-likeness (QED) is 0.810. The van der Waals surface area contributed by atoms with Crippen molar-refractivity contribution in [1.82, 2.24) is 0 Å². The number of rotatable bonds is 1. The predicted molar refractivity (Wildman–Crippen MR) is 55.2 cm³/mol.